The molecule has 4 nitrogen and oxygen atoms in total. The monoisotopic (exact) mass is 1280 g/mol. The molecule has 0 fully saturated rings. The first-order valence-electron chi connectivity index (χ1n) is 35.0. The van der Waals surface area contributed by atoms with Crippen molar-refractivity contribution < 1.29 is 0 Å². The van der Waals surface area contributed by atoms with Crippen LogP contribution in [0.4, 0.5) is 0 Å². The first-order valence-corrected chi connectivity index (χ1v) is 35.0. The van der Waals surface area contributed by atoms with E-state index in [1.165, 1.54) is 182 Å². The van der Waals surface area contributed by atoms with Gasteiger partial charge in [-0.15, -0.1) is 0 Å². The number of rotatable bonds is 7. The van der Waals surface area contributed by atoms with E-state index in [-0.39, 0.29) is 10.8 Å². The zero-order chi connectivity index (χ0) is 66.5. The maximum Gasteiger partial charge on any atom is 0.0547 e. The quantitative estimate of drug-likeness (QED) is 0.152. The Bertz CT molecular complexity index is 6560. The van der Waals surface area contributed by atoms with Crippen LogP contribution < -0.4 is 0 Å². The molecule has 100 heavy (non-hydrogen) atoms. The molecule has 0 aliphatic heterocycles. The summed E-state index contributed by atoms with van der Waals surface area (Å²) in [5, 5.41) is 10.1. The summed E-state index contributed by atoms with van der Waals surface area (Å²) in [7, 11) is 0. The molecule has 0 bridgehead atoms. The highest BCUT2D eigenvalue weighted by atomic mass is 15.0. The number of benzene rings is 15. The number of fused-ring (bicyclic) bond motifs is 18. The van der Waals surface area contributed by atoms with Crippen LogP contribution >= 0.6 is 0 Å². The van der Waals surface area contributed by atoms with Crippen molar-refractivity contribution >= 4 is 87.2 Å². The molecule has 0 saturated heterocycles. The Labute approximate surface area is 580 Å². The summed E-state index contributed by atoms with van der Waals surface area (Å²) < 4.78 is 9.71. The van der Waals surface area contributed by atoms with Gasteiger partial charge >= 0.3 is 0 Å². The minimum atomic E-state index is -0.0566. The molecule has 2 aliphatic rings. The van der Waals surface area contributed by atoms with Crippen LogP contribution in [0.15, 0.2) is 340 Å². The Morgan fingerprint density at radius 3 is 0.910 bits per heavy atom. The standard InChI is InChI=1S/C51H36N2.C45H32N2/c1-51(2)45-17-9-6-14-39(45)40-28-26-38(32-46(40)51)53-48-19-11-8-16-42(48)44-30-35(23-29-49(44)53)36-22-27-43-41-15-7-10-18-47(41)52(50(43)31-36)37-24-20-34(21-25-37)33-12-4-3-5-13-33;1-45(2)39-17-9-6-14-33(39)34-24-22-32(28-40(34)45)47-42-19-11-8-16-36(42)38-26-29(21-25-43(38)47)30-20-23-37-35-15-7-10-18-41(35)46(44(37)27-30)31-12-4-3-5-13-31/h3-32H,1-2H3;3-28H,1-2H3. The topological polar surface area (TPSA) is 19.7 Å². The zero-order valence-electron chi connectivity index (χ0n) is 56.1. The lowest BCUT2D eigenvalue weighted by Crippen LogP contribution is -2.15. The van der Waals surface area contributed by atoms with Crippen LogP contribution in [0.25, 0.3) is 166 Å². The highest BCUT2D eigenvalue weighted by Gasteiger charge is 2.37. The Balaban J connectivity index is 0.000000136. The summed E-state index contributed by atoms with van der Waals surface area (Å²) in [6.45, 7) is 9.42. The highest BCUT2D eigenvalue weighted by Crippen LogP contribution is 2.52. The third-order valence-corrected chi connectivity index (χ3v) is 22.3. The van der Waals surface area contributed by atoms with Gasteiger partial charge in [0.15, 0.2) is 0 Å². The largest absolute Gasteiger partial charge is 0.309 e. The summed E-state index contributed by atoms with van der Waals surface area (Å²) in [5.41, 5.74) is 32.7. The number of nitrogens with zero attached hydrogens (tertiary/aromatic N) is 4. The maximum atomic E-state index is 2.45. The molecule has 21 rings (SSSR count). The zero-order valence-corrected chi connectivity index (χ0v) is 56.1. The first kappa shape index (κ1) is 57.7. The van der Waals surface area contributed by atoms with E-state index in [4.69, 9.17) is 0 Å². The van der Waals surface area contributed by atoms with Crippen LogP contribution in [0.3, 0.4) is 0 Å². The first-order chi connectivity index (χ1) is 49.1. The van der Waals surface area contributed by atoms with E-state index in [1.54, 1.807) is 0 Å². The Hall–Kier alpha value is -12.5. The number of para-hydroxylation sites is 5. The number of hydrogen-bond acceptors (Lipinski definition) is 0. The SMILES string of the molecule is CC1(C)c2ccccc2-c2ccc(-n3c4ccccc4c4cc(-c5ccc6c7ccccc7n(-c7ccc(-c8ccccc8)cc7)c6c5)ccc43)cc21.CC1(C)c2ccccc2-c2ccc(-n3c4ccccc4c4cc(-c5ccc6c7ccccc7n(-c7ccccc7)c6c5)ccc43)cc21. The molecule has 4 aromatic heterocycles. The van der Waals surface area contributed by atoms with Crippen LogP contribution in [0.2, 0.25) is 0 Å². The fraction of sp³-hybridized carbons (Fsp3) is 0.0625. The summed E-state index contributed by atoms with van der Waals surface area (Å²) in [6.07, 6.45) is 0. The van der Waals surface area contributed by atoms with Gasteiger partial charge in [-0.25, -0.2) is 0 Å². The summed E-state index contributed by atoms with van der Waals surface area (Å²) in [6, 6.07) is 125. The molecule has 19 aromatic rings. The third kappa shape index (κ3) is 8.66. The van der Waals surface area contributed by atoms with Crippen LogP contribution in [-0.2, 0) is 10.8 Å². The van der Waals surface area contributed by atoms with Crippen molar-refractivity contribution in [3.05, 3.63) is 362 Å². The summed E-state index contributed by atoms with van der Waals surface area (Å²) in [5.74, 6) is 0. The normalized spacial score (nSPS) is 13.4. The Morgan fingerprint density at radius 2 is 0.460 bits per heavy atom. The summed E-state index contributed by atoms with van der Waals surface area (Å²) in [4.78, 5) is 0. The van der Waals surface area contributed by atoms with E-state index in [2.05, 4.69) is 386 Å². The van der Waals surface area contributed by atoms with E-state index >= 15 is 0 Å². The van der Waals surface area contributed by atoms with E-state index in [9.17, 15) is 0 Å². The molecular weight excluding hydrogens is 1210 g/mol. The molecule has 2 aliphatic carbocycles. The van der Waals surface area contributed by atoms with Gasteiger partial charge in [-0.2, -0.15) is 0 Å². The molecule has 0 spiro atoms. The van der Waals surface area contributed by atoms with Crippen molar-refractivity contribution in [2.45, 2.75) is 38.5 Å². The molecule has 0 saturated carbocycles. The van der Waals surface area contributed by atoms with Crippen molar-refractivity contribution in [2.75, 3.05) is 0 Å². The Morgan fingerprint density at radius 1 is 0.170 bits per heavy atom. The minimum Gasteiger partial charge on any atom is -0.309 e. The van der Waals surface area contributed by atoms with E-state index < -0.39 is 0 Å². The summed E-state index contributed by atoms with van der Waals surface area (Å²) >= 11 is 0. The van der Waals surface area contributed by atoms with Crippen molar-refractivity contribution in [2.24, 2.45) is 0 Å². The van der Waals surface area contributed by atoms with E-state index in [0.717, 1.165) is 5.69 Å². The van der Waals surface area contributed by atoms with E-state index in [1.807, 2.05) is 0 Å². The molecule has 472 valence electrons. The van der Waals surface area contributed by atoms with Gasteiger partial charge in [0.1, 0.15) is 0 Å². The van der Waals surface area contributed by atoms with Crippen LogP contribution in [0.5, 0.6) is 0 Å². The predicted octanol–water partition coefficient (Wildman–Crippen LogP) is 25.4. The average Bonchev–Trinajstić information content (AvgIpc) is 1.57. The molecule has 4 heterocycles. The van der Waals surface area contributed by atoms with Gasteiger partial charge in [0.05, 0.1) is 44.1 Å². The van der Waals surface area contributed by atoms with Crippen molar-refractivity contribution in [3.63, 3.8) is 0 Å². The number of aromatic nitrogens is 4. The predicted molar refractivity (Wildman–Crippen MR) is 422 cm³/mol. The second-order valence-corrected chi connectivity index (χ2v) is 28.4. The average molecular weight is 1280 g/mol. The van der Waals surface area contributed by atoms with Gasteiger partial charge in [0.25, 0.3) is 0 Å². The second kappa shape index (κ2) is 22.0. The fourth-order valence-electron chi connectivity index (χ4n) is 17.4. The smallest absolute Gasteiger partial charge is 0.0547 e. The van der Waals surface area contributed by atoms with Gasteiger partial charge in [-0.05, 0) is 187 Å². The third-order valence-electron chi connectivity index (χ3n) is 22.3. The molecule has 4 heteroatoms. The van der Waals surface area contributed by atoms with Crippen molar-refractivity contribution in [1.29, 1.82) is 0 Å². The van der Waals surface area contributed by atoms with Gasteiger partial charge in [-0.3, -0.25) is 0 Å². The molecule has 15 aromatic carbocycles. The maximum absolute atomic E-state index is 2.45. The van der Waals surface area contributed by atoms with Crippen LogP contribution in [-0.4, -0.2) is 18.3 Å². The van der Waals surface area contributed by atoms with Crippen molar-refractivity contribution in [1.82, 2.24) is 18.3 Å². The van der Waals surface area contributed by atoms with Gasteiger partial charge in [0, 0.05) is 76.7 Å². The molecule has 0 unspecified atom stereocenters. The fourth-order valence-corrected chi connectivity index (χ4v) is 17.4. The lowest BCUT2D eigenvalue weighted by atomic mass is 9.82. The van der Waals surface area contributed by atoms with E-state index in [0.29, 0.717) is 0 Å². The van der Waals surface area contributed by atoms with Crippen LogP contribution in [0, 0.1) is 0 Å². The molecule has 0 atom stereocenters. The lowest BCUT2D eigenvalue weighted by molar-refractivity contribution is 0.660. The van der Waals surface area contributed by atoms with Crippen LogP contribution in [0.1, 0.15) is 49.9 Å². The Kier molecular flexibility index (Phi) is 12.7. The molecular formula is C96H68N4. The highest BCUT2D eigenvalue weighted by molar-refractivity contribution is 6.15. The van der Waals surface area contributed by atoms with Gasteiger partial charge in [-0.1, -0.05) is 258 Å². The van der Waals surface area contributed by atoms with Gasteiger partial charge in [0.2, 0.25) is 0 Å². The van der Waals surface area contributed by atoms with Crippen molar-refractivity contribution in [3.8, 4) is 78.4 Å². The second-order valence-electron chi connectivity index (χ2n) is 28.4. The molecule has 0 N–H and O–H groups in total. The van der Waals surface area contributed by atoms with Gasteiger partial charge < -0.3 is 18.3 Å². The molecule has 0 radical (unpaired) electrons. The number of hydrogen-bond donors (Lipinski definition) is 0. The molecule has 0 amide bonds. The lowest BCUT2D eigenvalue weighted by Gasteiger charge is -2.22. The minimum absolute atomic E-state index is 0.0469.